The standard InChI is InChI=1S/C29H30BrN3O4S/c1-4-37-28(35)25-18(2)31-29-33(26(25)20-10-13-23(36-3)22(30)17-20)27(34)24(38-29)16-19-8-11-21(12-9-19)32-14-6-5-7-15-32/h8-13,16-17,26H,4-7,14-15H2,1-3H3/b24-16+/t26-/m1/s1. The van der Waals surface area contributed by atoms with Gasteiger partial charge in [-0.15, -0.1) is 0 Å². The summed E-state index contributed by atoms with van der Waals surface area (Å²) in [5.74, 6) is 0.181. The van der Waals surface area contributed by atoms with E-state index < -0.39 is 12.0 Å². The van der Waals surface area contributed by atoms with Crippen LogP contribution in [-0.2, 0) is 9.53 Å². The van der Waals surface area contributed by atoms with Crippen LogP contribution in [0.2, 0.25) is 0 Å². The van der Waals surface area contributed by atoms with Crippen molar-refractivity contribution in [2.45, 2.75) is 39.2 Å². The maximum Gasteiger partial charge on any atom is 0.338 e. The molecule has 38 heavy (non-hydrogen) atoms. The Balaban J connectivity index is 1.60. The number of anilines is 1. The number of methoxy groups -OCH3 is 1. The number of aromatic nitrogens is 1. The second kappa shape index (κ2) is 11.3. The maximum absolute atomic E-state index is 13.8. The minimum Gasteiger partial charge on any atom is -0.496 e. The molecule has 9 heteroatoms. The molecule has 1 saturated heterocycles. The number of rotatable bonds is 6. The maximum atomic E-state index is 13.8. The van der Waals surface area contributed by atoms with E-state index in [1.54, 1.807) is 25.5 Å². The number of hydrogen-bond donors (Lipinski definition) is 0. The number of carbonyl (C=O) groups excluding carboxylic acids is 1. The molecule has 0 unspecified atom stereocenters. The zero-order chi connectivity index (χ0) is 26.8. The first-order valence-electron chi connectivity index (χ1n) is 12.8. The number of benzene rings is 2. The van der Waals surface area contributed by atoms with Crippen molar-refractivity contribution in [3.8, 4) is 5.75 Å². The van der Waals surface area contributed by atoms with E-state index in [4.69, 9.17) is 9.47 Å². The Morgan fingerprint density at radius 3 is 2.55 bits per heavy atom. The third kappa shape index (κ3) is 5.09. The quantitative estimate of drug-likeness (QED) is 0.391. The molecular weight excluding hydrogens is 566 g/mol. The molecule has 0 saturated carbocycles. The molecule has 0 spiro atoms. The van der Waals surface area contributed by atoms with Crippen molar-refractivity contribution in [1.29, 1.82) is 0 Å². The summed E-state index contributed by atoms with van der Waals surface area (Å²) < 4.78 is 13.7. The predicted molar refractivity (Wildman–Crippen MR) is 154 cm³/mol. The van der Waals surface area contributed by atoms with Crippen molar-refractivity contribution in [2.75, 3.05) is 31.7 Å². The Hall–Kier alpha value is -3.17. The first kappa shape index (κ1) is 26.4. The first-order chi connectivity index (χ1) is 18.4. The van der Waals surface area contributed by atoms with Crippen LogP contribution in [0.3, 0.4) is 0 Å². The van der Waals surface area contributed by atoms with Gasteiger partial charge in [-0.25, -0.2) is 9.79 Å². The van der Waals surface area contributed by atoms with E-state index in [-0.39, 0.29) is 12.2 Å². The number of ether oxygens (including phenoxy) is 2. The third-order valence-corrected chi connectivity index (χ3v) is 8.52. The summed E-state index contributed by atoms with van der Waals surface area (Å²) in [7, 11) is 1.59. The third-order valence-electron chi connectivity index (χ3n) is 6.92. The Morgan fingerprint density at radius 2 is 1.89 bits per heavy atom. The van der Waals surface area contributed by atoms with Crippen LogP contribution in [0.25, 0.3) is 6.08 Å². The van der Waals surface area contributed by atoms with Crippen molar-refractivity contribution < 1.29 is 14.3 Å². The van der Waals surface area contributed by atoms with Gasteiger partial charge in [0.2, 0.25) is 0 Å². The smallest absolute Gasteiger partial charge is 0.338 e. The van der Waals surface area contributed by atoms with Crippen LogP contribution >= 0.6 is 27.3 Å². The molecule has 2 aliphatic heterocycles. The van der Waals surface area contributed by atoms with E-state index in [1.807, 2.05) is 24.3 Å². The van der Waals surface area contributed by atoms with Crippen LogP contribution in [0, 0.1) is 0 Å². The molecule has 0 aliphatic carbocycles. The molecule has 0 bridgehead atoms. The highest BCUT2D eigenvalue weighted by Crippen LogP contribution is 2.35. The van der Waals surface area contributed by atoms with Gasteiger partial charge in [0.25, 0.3) is 5.56 Å². The Morgan fingerprint density at radius 1 is 1.16 bits per heavy atom. The van der Waals surface area contributed by atoms with Crippen LogP contribution in [0.1, 0.15) is 50.3 Å². The van der Waals surface area contributed by atoms with Gasteiger partial charge < -0.3 is 14.4 Å². The van der Waals surface area contributed by atoms with Crippen LogP contribution in [0.5, 0.6) is 5.75 Å². The van der Waals surface area contributed by atoms with Crippen LogP contribution < -0.4 is 24.5 Å². The zero-order valence-corrected chi connectivity index (χ0v) is 24.1. The van der Waals surface area contributed by atoms with Crippen molar-refractivity contribution in [3.05, 3.63) is 89.0 Å². The summed E-state index contributed by atoms with van der Waals surface area (Å²) in [4.78, 5) is 34.5. The van der Waals surface area contributed by atoms with Crippen molar-refractivity contribution >= 4 is 45.0 Å². The molecule has 3 aromatic rings. The normalized spacial score (nSPS) is 17.7. The molecule has 0 N–H and O–H groups in total. The molecule has 2 aromatic carbocycles. The number of carbonyl (C=O) groups is 1. The summed E-state index contributed by atoms with van der Waals surface area (Å²) in [5.41, 5.74) is 3.62. The number of thiazole rings is 1. The second-order valence-corrected chi connectivity index (χ2v) is 11.2. The average molecular weight is 597 g/mol. The average Bonchev–Trinajstić information content (AvgIpc) is 3.22. The van der Waals surface area contributed by atoms with Gasteiger partial charge >= 0.3 is 5.97 Å². The highest BCUT2D eigenvalue weighted by Gasteiger charge is 2.33. The molecule has 1 fully saturated rings. The lowest BCUT2D eigenvalue weighted by molar-refractivity contribution is -0.139. The molecular formula is C29H30BrN3O4S. The molecule has 198 valence electrons. The van der Waals surface area contributed by atoms with Gasteiger partial charge in [-0.3, -0.25) is 9.36 Å². The summed E-state index contributed by atoms with van der Waals surface area (Å²) >= 11 is 4.87. The van der Waals surface area contributed by atoms with Gasteiger partial charge in [0.1, 0.15) is 5.75 Å². The van der Waals surface area contributed by atoms with E-state index in [1.165, 1.54) is 36.3 Å². The highest BCUT2D eigenvalue weighted by atomic mass is 79.9. The van der Waals surface area contributed by atoms with Crippen molar-refractivity contribution in [1.82, 2.24) is 4.57 Å². The number of allylic oxidation sites excluding steroid dienone is 1. The van der Waals surface area contributed by atoms with E-state index in [0.29, 0.717) is 26.4 Å². The fourth-order valence-electron chi connectivity index (χ4n) is 5.04. The molecule has 3 heterocycles. The van der Waals surface area contributed by atoms with Crippen LogP contribution in [0.4, 0.5) is 5.69 Å². The monoisotopic (exact) mass is 595 g/mol. The second-order valence-electron chi connectivity index (χ2n) is 9.34. The van der Waals surface area contributed by atoms with Gasteiger partial charge in [-0.05, 0) is 90.5 Å². The molecule has 7 nitrogen and oxygen atoms in total. The highest BCUT2D eigenvalue weighted by molar-refractivity contribution is 9.10. The van der Waals surface area contributed by atoms with E-state index in [0.717, 1.165) is 28.7 Å². The van der Waals surface area contributed by atoms with Crippen molar-refractivity contribution in [2.24, 2.45) is 4.99 Å². The summed E-state index contributed by atoms with van der Waals surface area (Å²) in [6.07, 6.45) is 5.64. The fourth-order valence-corrected chi connectivity index (χ4v) is 6.65. The van der Waals surface area contributed by atoms with Gasteiger partial charge in [0, 0.05) is 18.8 Å². The van der Waals surface area contributed by atoms with Gasteiger partial charge in [-0.1, -0.05) is 29.5 Å². The van der Waals surface area contributed by atoms with Gasteiger partial charge in [0.05, 0.1) is 40.0 Å². The summed E-state index contributed by atoms with van der Waals surface area (Å²) in [6.45, 7) is 5.95. The number of nitrogens with zero attached hydrogens (tertiary/aromatic N) is 3. The SMILES string of the molecule is CCOC(=O)C1=C(C)N=c2s/c(=C/c3ccc(N4CCCCC4)cc3)c(=O)n2[C@@H]1c1ccc(OC)c(Br)c1. The van der Waals surface area contributed by atoms with E-state index in [2.05, 4.69) is 50.1 Å². The number of hydrogen-bond acceptors (Lipinski definition) is 7. The lowest BCUT2D eigenvalue weighted by Crippen LogP contribution is -2.40. The van der Waals surface area contributed by atoms with Gasteiger partial charge in [0.15, 0.2) is 4.80 Å². The molecule has 0 amide bonds. The number of halogens is 1. The molecule has 5 rings (SSSR count). The Kier molecular flexibility index (Phi) is 7.85. The van der Waals surface area contributed by atoms with Crippen molar-refractivity contribution in [3.63, 3.8) is 0 Å². The predicted octanol–water partition coefficient (Wildman–Crippen LogP) is 4.56. The van der Waals surface area contributed by atoms with Crippen LogP contribution in [0.15, 0.2) is 68.0 Å². The van der Waals surface area contributed by atoms with E-state index in [9.17, 15) is 9.59 Å². The molecule has 1 atom stereocenters. The summed E-state index contributed by atoms with van der Waals surface area (Å²) in [5, 5.41) is 0. The molecule has 1 aromatic heterocycles. The largest absolute Gasteiger partial charge is 0.496 e. The van der Waals surface area contributed by atoms with E-state index >= 15 is 0 Å². The lowest BCUT2D eigenvalue weighted by atomic mass is 9.96. The zero-order valence-electron chi connectivity index (χ0n) is 21.7. The fraction of sp³-hybridized carbons (Fsp3) is 0.345. The van der Waals surface area contributed by atoms with Gasteiger partial charge in [-0.2, -0.15) is 0 Å². The molecule has 0 radical (unpaired) electrons. The number of piperidine rings is 1. The lowest BCUT2D eigenvalue weighted by Gasteiger charge is -2.28. The minimum absolute atomic E-state index is 0.194. The number of esters is 1. The number of fused-ring (bicyclic) bond motifs is 1. The molecule has 2 aliphatic rings. The Bertz CT molecular complexity index is 1570. The summed E-state index contributed by atoms with van der Waals surface area (Å²) in [6, 6.07) is 13.2. The first-order valence-corrected chi connectivity index (χ1v) is 14.4. The van der Waals surface area contributed by atoms with Crippen LogP contribution in [-0.4, -0.2) is 37.3 Å². The Labute approximate surface area is 233 Å². The topological polar surface area (TPSA) is 73.1 Å². The minimum atomic E-state index is -0.670.